The van der Waals surface area contributed by atoms with Crippen molar-refractivity contribution in [2.45, 2.75) is 6.04 Å². The fraction of sp³-hybridized carbons (Fsp3) is 0.429. The van der Waals surface area contributed by atoms with Gasteiger partial charge in [0.1, 0.15) is 0 Å². The van der Waals surface area contributed by atoms with Crippen molar-refractivity contribution in [3.8, 4) is 0 Å². The molecule has 1 fully saturated rings. The van der Waals surface area contributed by atoms with Gasteiger partial charge in [-0.15, -0.1) is 5.10 Å². The number of anilines is 1. The minimum absolute atomic E-state index is 0.317. The molecule has 1 aromatic heterocycles. The van der Waals surface area contributed by atoms with Gasteiger partial charge in [-0.05, 0) is 12.1 Å². The topological polar surface area (TPSA) is 55.0 Å². The Labute approximate surface area is 65.0 Å². The van der Waals surface area contributed by atoms with Crippen molar-refractivity contribution in [2.24, 2.45) is 5.73 Å². The van der Waals surface area contributed by atoms with Gasteiger partial charge >= 0.3 is 0 Å². The Kier molecular flexibility index (Phi) is 1.47. The number of nitrogens with two attached hydrogens (primary N) is 1. The van der Waals surface area contributed by atoms with E-state index in [-0.39, 0.29) is 0 Å². The molecule has 1 aromatic rings. The summed E-state index contributed by atoms with van der Waals surface area (Å²) in [6.45, 7) is 1.80. The van der Waals surface area contributed by atoms with Crippen LogP contribution in [0, 0.1) is 0 Å². The Hall–Kier alpha value is -1.16. The number of hydrogen-bond acceptors (Lipinski definition) is 4. The summed E-state index contributed by atoms with van der Waals surface area (Å²) in [6.07, 6.45) is 1.67. The summed E-state index contributed by atoms with van der Waals surface area (Å²) in [5, 5.41) is 7.74. The molecule has 0 unspecified atom stereocenters. The van der Waals surface area contributed by atoms with Crippen molar-refractivity contribution in [1.82, 2.24) is 10.2 Å². The number of aromatic nitrogens is 2. The summed E-state index contributed by atoms with van der Waals surface area (Å²) < 4.78 is 0. The summed E-state index contributed by atoms with van der Waals surface area (Å²) in [7, 11) is 0. The highest BCUT2D eigenvalue weighted by Crippen LogP contribution is 2.14. The molecule has 0 bridgehead atoms. The summed E-state index contributed by atoms with van der Waals surface area (Å²) in [5.41, 5.74) is 5.62. The quantitative estimate of drug-likeness (QED) is 0.593. The monoisotopic (exact) mass is 150 g/mol. The second-order valence-corrected chi connectivity index (χ2v) is 2.75. The van der Waals surface area contributed by atoms with Gasteiger partial charge in [-0.1, -0.05) is 0 Å². The van der Waals surface area contributed by atoms with Gasteiger partial charge in [0, 0.05) is 25.3 Å². The molecule has 58 valence electrons. The minimum Gasteiger partial charge on any atom is -0.352 e. The van der Waals surface area contributed by atoms with Gasteiger partial charge in [0.25, 0.3) is 0 Å². The molecule has 0 amide bonds. The Balaban J connectivity index is 2.08. The molecule has 2 rings (SSSR count). The van der Waals surface area contributed by atoms with Crippen LogP contribution in [0.25, 0.3) is 0 Å². The molecule has 0 aromatic carbocycles. The van der Waals surface area contributed by atoms with Crippen molar-refractivity contribution in [3.63, 3.8) is 0 Å². The molecule has 0 atom stereocenters. The van der Waals surface area contributed by atoms with Crippen LogP contribution in [-0.2, 0) is 0 Å². The van der Waals surface area contributed by atoms with Crippen LogP contribution in [0.3, 0.4) is 0 Å². The van der Waals surface area contributed by atoms with Crippen LogP contribution < -0.4 is 10.6 Å². The molecule has 0 radical (unpaired) electrons. The molecule has 1 aliphatic rings. The molecule has 1 saturated heterocycles. The number of nitrogens with zero attached hydrogens (tertiary/aromatic N) is 3. The predicted octanol–water partition coefficient (Wildman–Crippen LogP) is -0.376. The molecule has 0 spiro atoms. The molecule has 4 nitrogen and oxygen atoms in total. The fourth-order valence-corrected chi connectivity index (χ4v) is 1.16. The first kappa shape index (κ1) is 6.54. The van der Waals surface area contributed by atoms with E-state index in [0.717, 1.165) is 18.9 Å². The highest BCUT2D eigenvalue weighted by Gasteiger charge is 2.23. The van der Waals surface area contributed by atoms with Crippen LogP contribution >= 0.6 is 0 Å². The van der Waals surface area contributed by atoms with Crippen LogP contribution in [0.1, 0.15) is 0 Å². The molecule has 0 saturated carbocycles. The molecule has 1 aliphatic heterocycles. The van der Waals surface area contributed by atoms with Gasteiger partial charge < -0.3 is 10.6 Å². The van der Waals surface area contributed by atoms with E-state index in [1.807, 2.05) is 12.1 Å². The van der Waals surface area contributed by atoms with Gasteiger partial charge in [0.15, 0.2) is 5.82 Å². The zero-order valence-electron chi connectivity index (χ0n) is 6.14. The van der Waals surface area contributed by atoms with E-state index in [4.69, 9.17) is 5.73 Å². The van der Waals surface area contributed by atoms with E-state index in [1.54, 1.807) is 6.20 Å². The highest BCUT2D eigenvalue weighted by molar-refractivity contribution is 5.40. The lowest BCUT2D eigenvalue weighted by Gasteiger charge is -2.37. The largest absolute Gasteiger partial charge is 0.352 e. The molecule has 2 N–H and O–H groups in total. The summed E-state index contributed by atoms with van der Waals surface area (Å²) in [6, 6.07) is 4.14. The lowest BCUT2D eigenvalue weighted by atomic mass is 10.1. The average Bonchev–Trinajstić information content (AvgIpc) is 2.01. The Morgan fingerprint density at radius 3 is 2.91 bits per heavy atom. The SMILES string of the molecule is NC1CN(c2cccnn2)C1. The van der Waals surface area contributed by atoms with Gasteiger partial charge in [-0.3, -0.25) is 0 Å². The first-order chi connectivity index (χ1) is 5.36. The first-order valence-corrected chi connectivity index (χ1v) is 3.64. The lowest BCUT2D eigenvalue weighted by molar-refractivity contribution is 0.512. The van der Waals surface area contributed by atoms with Crippen LogP contribution in [0.5, 0.6) is 0 Å². The zero-order chi connectivity index (χ0) is 7.68. The van der Waals surface area contributed by atoms with E-state index in [2.05, 4.69) is 15.1 Å². The Morgan fingerprint density at radius 2 is 2.36 bits per heavy atom. The molecule has 4 heteroatoms. The normalized spacial score (nSPS) is 18.1. The fourth-order valence-electron chi connectivity index (χ4n) is 1.16. The van der Waals surface area contributed by atoms with Crippen LogP contribution in [0.2, 0.25) is 0 Å². The Bertz CT molecular complexity index is 229. The van der Waals surface area contributed by atoms with Gasteiger partial charge in [0.05, 0.1) is 0 Å². The van der Waals surface area contributed by atoms with Gasteiger partial charge in [-0.25, -0.2) is 0 Å². The Morgan fingerprint density at radius 1 is 1.55 bits per heavy atom. The number of rotatable bonds is 1. The van der Waals surface area contributed by atoms with E-state index in [1.165, 1.54) is 0 Å². The smallest absolute Gasteiger partial charge is 0.151 e. The third kappa shape index (κ3) is 1.17. The minimum atomic E-state index is 0.317. The lowest BCUT2D eigenvalue weighted by Crippen LogP contribution is -2.56. The van der Waals surface area contributed by atoms with E-state index < -0.39 is 0 Å². The second-order valence-electron chi connectivity index (χ2n) is 2.75. The van der Waals surface area contributed by atoms with Crippen molar-refractivity contribution in [3.05, 3.63) is 18.3 Å². The average molecular weight is 150 g/mol. The van der Waals surface area contributed by atoms with Crippen LogP contribution in [-0.4, -0.2) is 29.3 Å². The molecule has 2 heterocycles. The third-order valence-corrected chi connectivity index (χ3v) is 1.79. The standard InChI is InChI=1S/C7H10N4/c8-6-4-11(5-6)7-2-1-3-9-10-7/h1-3,6H,4-5,8H2. The first-order valence-electron chi connectivity index (χ1n) is 3.64. The molecular formula is C7H10N4. The molecule has 0 aliphatic carbocycles. The van der Waals surface area contributed by atoms with E-state index >= 15 is 0 Å². The van der Waals surface area contributed by atoms with Crippen molar-refractivity contribution in [2.75, 3.05) is 18.0 Å². The number of hydrogen-bond donors (Lipinski definition) is 1. The van der Waals surface area contributed by atoms with E-state index in [0.29, 0.717) is 6.04 Å². The second kappa shape index (κ2) is 2.47. The van der Waals surface area contributed by atoms with Crippen molar-refractivity contribution in [1.29, 1.82) is 0 Å². The van der Waals surface area contributed by atoms with Crippen molar-refractivity contribution >= 4 is 5.82 Å². The van der Waals surface area contributed by atoms with Gasteiger partial charge in [-0.2, -0.15) is 5.10 Å². The van der Waals surface area contributed by atoms with E-state index in [9.17, 15) is 0 Å². The summed E-state index contributed by atoms with van der Waals surface area (Å²) in [5.74, 6) is 0.925. The summed E-state index contributed by atoms with van der Waals surface area (Å²) >= 11 is 0. The van der Waals surface area contributed by atoms with Gasteiger partial charge in [0.2, 0.25) is 0 Å². The zero-order valence-corrected chi connectivity index (χ0v) is 6.14. The maximum Gasteiger partial charge on any atom is 0.151 e. The maximum absolute atomic E-state index is 5.62. The van der Waals surface area contributed by atoms with Crippen LogP contribution in [0.15, 0.2) is 18.3 Å². The van der Waals surface area contributed by atoms with Crippen molar-refractivity contribution < 1.29 is 0 Å². The third-order valence-electron chi connectivity index (χ3n) is 1.79. The maximum atomic E-state index is 5.62. The summed E-state index contributed by atoms with van der Waals surface area (Å²) in [4.78, 5) is 2.11. The highest BCUT2D eigenvalue weighted by atomic mass is 15.3. The molecular weight excluding hydrogens is 140 g/mol. The molecule has 11 heavy (non-hydrogen) atoms. The van der Waals surface area contributed by atoms with Crippen LogP contribution in [0.4, 0.5) is 5.82 Å². The predicted molar refractivity (Wildman–Crippen MR) is 42.2 cm³/mol.